The molecule has 1 aliphatic heterocycles. The SMILES string of the molecule is Cc1cc(-c2nnc3n2CCNC3C(C)(C)C)ccn1. The average molecular weight is 271 g/mol. The summed E-state index contributed by atoms with van der Waals surface area (Å²) in [6.07, 6.45) is 1.83. The van der Waals surface area contributed by atoms with Crippen molar-refractivity contribution in [1.82, 2.24) is 25.1 Å². The van der Waals surface area contributed by atoms with E-state index in [0.717, 1.165) is 36.0 Å². The highest BCUT2D eigenvalue weighted by Crippen LogP contribution is 2.35. The fraction of sp³-hybridized carbons (Fsp3) is 0.533. The Bertz CT molecular complexity index is 623. The van der Waals surface area contributed by atoms with E-state index in [0.29, 0.717) is 0 Å². The zero-order valence-corrected chi connectivity index (χ0v) is 12.5. The van der Waals surface area contributed by atoms with Crippen molar-refractivity contribution < 1.29 is 0 Å². The van der Waals surface area contributed by atoms with E-state index in [-0.39, 0.29) is 11.5 Å². The number of aromatic nitrogens is 4. The van der Waals surface area contributed by atoms with Gasteiger partial charge in [-0.3, -0.25) is 4.98 Å². The number of nitrogens with one attached hydrogen (secondary N) is 1. The predicted octanol–water partition coefficient (Wildman–Crippen LogP) is 2.34. The summed E-state index contributed by atoms with van der Waals surface area (Å²) >= 11 is 0. The minimum Gasteiger partial charge on any atom is -0.308 e. The van der Waals surface area contributed by atoms with E-state index >= 15 is 0 Å². The summed E-state index contributed by atoms with van der Waals surface area (Å²) in [4.78, 5) is 4.25. The van der Waals surface area contributed by atoms with Gasteiger partial charge in [-0.1, -0.05) is 20.8 Å². The number of nitrogens with zero attached hydrogens (tertiary/aromatic N) is 4. The largest absolute Gasteiger partial charge is 0.308 e. The number of hydrogen-bond donors (Lipinski definition) is 1. The van der Waals surface area contributed by atoms with Crippen molar-refractivity contribution in [2.45, 2.75) is 40.3 Å². The molecule has 3 rings (SSSR count). The zero-order valence-electron chi connectivity index (χ0n) is 12.5. The molecule has 0 bridgehead atoms. The normalized spacial score (nSPS) is 18.9. The Kier molecular flexibility index (Phi) is 3.09. The van der Waals surface area contributed by atoms with Crippen molar-refractivity contribution in [2.75, 3.05) is 6.54 Å². The first-order chi connectivity index (χ1) is 9.47. The maximum Gasteiger partial charge on any atom is 0.164 e. The van der Waals surface area contributed by atoms with Gasteiger partial charge < -0.3 is 9.88 Å². The molecule has 1 aliphatic rings. The monoisotopic (exact) mass is 271 g/mol. The molecular formula is C15H21N5. The van der Waals surface area contributed by atoms with E-state index in [2.05, 4.69) is 51.9 Å². The molecule has 0 aromatic carbocycles. The second-order valence-electron chi connectivity index (χ2n) is 6.47. The third kappa shape index (κ3) is 2.22. The highest BCUT2D eigenvalue weighted by atomic mass is 15.3. The van der Waals surface area contributed by atoms with Crippen LogP contribution in [0.5, 0.6) is 0 Å². The van der Waals surface area contributed by atoms with Crippen molar-refractivity contribution >= 4 is 0 Å². The number of fused-ring (bicyclic) bond motifs is 1. The molecule has 0 radical (unpaired) electrons. The Morgan fingerprint density at radius 3 is 2.80 bits per heavy atom. The summed E-state index contributed by atoms with van der Waals surface area (Å²) in [7, 11) is 0. The van der Waals surface area contributed by atoms with E-state index in [9.17, 15) is 0 Å². The van der Waals surface area contributed by atoms with Gasteiger partial charge in [0.25, 0.3) is 0 Å². The third-order valence-electron chi connectivity index (χ3n) is 3.74. The summed E-state index contributed by atoms with van der Waals surface area (Å²) < 4.78 is 2.24. The van der Waals surface area contributed by atoms with Crippen LogP contribution < -0.4 is 5.32 Å². The van der Waals surface area contributed by atoms with Crippen LogP contribution in [0.25, 0.3) is 11.4 Å². The Morgan fingerprint density at radius 1 is 1.30 bits per heavy atom. The molecule has 20 heavy (non-hydrogen) atoms. The lowest BCUT2D eigenvalue weighted by molar-refractivity contribution is 0.234. The summed E-state index contributed by atoms with van der Waals surface area (Å²) in [5.41, 5.74) is 2.21. The van der Waals surface area contributed by atoms with Crippen LogP contribution in [0.4, 0.5) is 0 Å². The van der Waals surface area contributed by atoms with Crippen LogP contribution in [0.1, 0.15) is 38.3 Å². The first-order valence-corrected chi connectivity index (χ1v) is 7.06. The summed E-state index contributed by atoms with van der Waals surface area (Å²) in [6.45, 7) is 10.5. The van der Waals surface area contributed by atoms with Gasteiger partial charge in [0.1, 0.15) is 0 Å². The number of hydrogen-bond acceptors (Lipinski definition) is 4. The van der Waals surface area contributed by atoms with Crippen LogP contribution in [0.3, 0.4) is 0 Å². The van der Waals surface area contributed by atoms with E-state index in [1.165, 1.54) is 0 Å². The number of aryl methyl sites for hydroxylation is 1. The van der Waals surface area contributed by atoms with Crippen LogP contribution in [0.2, 0.25) is 0 Å². The van der Waals surface area contributed by atoms with E-state index in [1.54, 1.807) is 0 Å². The molecule has 0 fully saturated rings. The van der Waals surface area contributed by atoms with E-state index in [1.807, 2.05) is 19.2 Å². The van der Waals surface area contributed by atoms with Crippen LogP contribution in [-0.2, 0) is 6.54 Å². The highest BCUT2D eigenvalue weighted by Gasteiger charge is 2.33. The van der Waals surface area contributed by atoms with Crippen molar-refractivity contribution in [2.24, 2.45) is 5.41 Å². The van der Waals surface area contributed by atoms with Crippen molar-refractivity contribution in [3.8, 4) is 11.4 Å². The van der Waals surface area contributed by atoms with Crippen LogP contribution in [0.15, 0.2) is 18.3 Å². The van der Waals surface area contributed by atoms with Gasteiger partial charge in [-0.05, 0) is 24.5 Å². The van der Waals surface area contributed by atoms with Gasteiger partial charge in [0.05, 0.1) is 6.04 Å². The Morgan fingerprint density at radius 2 is 2.10 bits per heavy atom. The molecule has 1 N–H and O–H groups in total. The second-order valence-corrected chi connectivity index (χ2v) is 6.47. The average Bonchev–Trinajstić information content (AvgIpc) is 2.81. The topological polar surface area (TPSA) is 55.6 Å². The zero-order chi connectivity index (χ0) is 14.3. The lowest BCUT2D eigenvalue weighted by Crippen LogP contribution is -2.40. The van der Waals surface area contributed by atoms with Crippen molar-refractivity contribution in [3.05, 3.63) is 29.8 Å². The van der Waals surface area contributed by atoms with Gasteiger partial charge in [0.15, 0.2) is 11.6 Å². The van der Waals surface area contributed by atoms with Crippen LogP contribution in [-0.4, -0.2) is 26.3 Å². The molecule has 3 heterocycles. The third-order valence-corrected chi connectivity index (χ3v) is 3.74. The van der Waals surface area contributed by atoms with Gasteiger partial charge in [0.2, 0.25) is 0 Å². The molecular weight excluding hydrogens is 250 g/mol. The maximum atomic E-state index is 4.44. The first kappa shape index (κ1) is 13.2. The standard InChI is InChI=1S/C15H21N5/c1-10-9-11(5-6-16-10)13-18-19-14-12(15(2,3)4)17-7-8-20(13)14/h5-6,9,12,17H,7-8H2,1-4H3. The molecule has 1 unspecified atom stereocenters. The van der Waals surface area contributed by atoms with Gasteiger partial charge >= 0.3 is 0 Å². The molecule has 5 nitrogen and oxygen atoms in total. The van der Waals surface area contributed by atoms with Crippen molar-refractivity contribution in [3.63, 3.8) is 0 Å². The Labute approximate surface area is 119 Å². The summed E-state index contributed by atoms with van der Waals surface area (Å²) in [5, 5.41) is 12.4. The van der Waals surface area contributed by atoms with Gasteiger partial charge in [0, 0.05) is 30.5 Å². The molecule has 1 atom stereocenters. The van der Waals surface area contributed by atoms with Gasteiger partial charge in [-0.2, -0.15) is 0 Å². The maximum absolute atomic E-state index is 4.44. The molecule has 2 aromatic heterocycles. The second kappa shape index (κ2) is 4.66. The molecule has 106 valence electrons. The fourth-order valence-electron chi connectivity index (χ4n) is 2.75. The lowest BCUT2D eigenvalue weighted by Gasteiger charge is -2.34. The molecule has 5 heteroatoms. The van der Waals surface area contributed by atoms with Gasteiger partial charge in [-0.25, -0.2) is 0 Å². The quantitative estimate of drug-likeness (QED) is 0.865. The molecule has 2 aromatic rings. The van der Waals surface area contributed by atoms with E-state index < -0.39 is 0 Å². The molecule has 0 saturated heterocycles. The number of rotatable bonds is 1. The first-order valence-electron chi connectivity index (χ1n) is 7.06. The molecule has 0 spiro atoms. The Balaban J connectivity index is 2.07. The molecule has 0 amide bonds. The van der Waals surface area contributed by atoms with Crippen LogP contribution in [0, 0.1) is 12.3 Å². The molecule has 0 saturated carbocycles. The minimum atomic E-state index is 0.122. The summed E-state index contributed by atoms with van der Waals surface area (Å²) in [6, 6.07) is 4.30. The Hall–Kier alpha value is -1.75. The fourth-order valence-corrected chi connectivity index (χ4v) is 2.75. The van der Waals surface area contributed by atoms with E-state index in [4.69, 9.17) is 0 Å². The summed E-state index contributed by atoms with van der Waals surface area (Å²) in [5.74, 6) is 1.98. The smallest absolute Gasteiger partial charge is 0.164 e. The highest BCUT2D eigenvalue weighted by molar-refractivity contribution is 5.55. The lowest BCUT2D eigenvalue weighted by atomic mass is 9.85. The predicted molar refractivity (Wildman–Crippen MR) is 78.2 cm³/mol. The molecule has 0 aliphatic carbocycles. The minimum absolute atomic E-state index is 0.122. The number of pyridine rings is 1. The van der Waals surface area contributed by atoms with Crippen molar-refractivity contribution in [1.29, 1.82) is 0 Å². The van der Waals surface area contributed by atoms with Gasteiger partial charge in [-0.15, -0.1) is 10.2 Å². The van der Waals surface area contributed by atoms with Crippen LogP contribution >= 0.6 is 0 Å².